The Morgan fingerprint density at radius 3 is 2.90 bits per heavy atom. The molecular weight excluding hydrogens is 284 g/mol. The van der Waals surface area contributed by atoms with E-state index >= 15 is 0 Å². The maximum Gasteiger partial charge on any atom is 0.238 e. The van der Waals surface area contributed by atoms with Gasteiger partial charge >= 0.3 is 0 Å². The zero-order valence-electron chi connectivity index (χ0n) is 11.4. The van der Waals surface area contributed by atoms with E-state index in [0.29, 0.717) is 13.0 Å². The summed E-state index contributed by atoms with van der Waals surface area (Å²) in [5, 5.41) is 2.71. The van der Waals surface area contributed by atoms with Crippen molar-refractivity contribution in [2.75, 3.05) is 19.9 Å². The van der Waals surface area contributed by atoms with E-state index < -0.39 is 16.1 Å². The number of carbonyl (C=O) groups is 1. The molecule has 2 heterocycles. The van der Waals surface area contributed by atoms with Gasteiger partial charge in [-0.25, -0.2) is 8.42 Å². The monoisotopic (exact) mass is 302 g/mol. The lowest BCUT2D eigenvalue weighted by molar-refractivity contribution is -0.124. The van der Waals surface area contributed by atoms with Crippen molar-refractivity contribution < 1.29 is 22.4 Å². The molecule has 0 spiro atoms. The maximum atomic E-state index is 12.2. The summed E-state index contributed by atoms with van der Waals surface area (Å²) < 4.78 is 34.7. The van der Waals surface area contributed by atoms with Crippen LogP contribution in [0.2, 0.25) is 0 Å². The number of furan rings is 1. The van der Waals surface area contributed by atoms with Crippen LogP contribution in [-0.2, 0) is 26.1 Å². The third-order valence-electron chi connectivity index (χ3n) is 3.33. The lowest BCUT2D eigenvalue weighted by atomic mass is 10.2. The number of rotatable bonds is 5. The van der Waals surface area contributed by atoms with Gasteiger partial charge in [0.1, 0.15) is 6.04 Å². The lowest BCUT2D eigenvalue weighted by Gasteiger charge is -2.20. The summed E-state index contributed by atoms with van der Waals surface area (Å²) in [7, 11) is -1.93. The molecule has 0 bridgehead atoms. The fourth-order valence-corrected chi connectivity index (χ4v) is 3.33. The highest BCUT2D eigenvalue weighted by Crippen LogP contribution is 2.23. The fourth-order valence-electron chi connectivity index (χ4n) is 2.24. The van der Waals surface area contributed by atoms with Crippen molar-refractivity contribution in [3.8, 4) is 0 Å². The number of methoxy groups -OCH3 is 1. The standard InChI is InChI=1S/C12H18N2O5S/c1-18-10-5-11(14(7-10)20(2,16)17)12(15)13-6-9-3-4-19-8-9/h3-4,8,10-11H,5-7H2,1-2H3,(H,13,15)/t10-,11+/m0/s1. The summed E-state index contributed by atoms with van der Waals surface area (Å²) in [4.78, 5) is 12.2. The molecular formula is C12H18N2O5S. The minimum Gasteiger partial charge on any atom is -0.472 e. The molecule has 1 saturated heterocycles. The smallest absolute Gasteiger partial charge is 0.238 e. The van der Waals surface area contributed by atoms with Crippen molar-refractivity contribution in [2.24, 2.45) is 0 Å². The normalized spacial score (nSPS) is 23.9. The van der Waals surface area contributed by atoms with Crippen LogP contribution in [0.15, 0.2) is 23.0 Å². The SMILES string of the molecule is CO[C@H]1C[C@H](C(=O)NCc2ccoc2)N(S(C)(=O)=O)C1. The Hall–Kier alpha value is -1.38. The summed E-state index contributed by atoms with van der Waals surface area (Å²) >= 11 is 0. The van der Waals surface area contributed by atoms with E-state index in [0.717, 1.165) is 11.8 Å². The molecule has 0 unspecified atom stereocenters. The Bertz CT molecular complexity index is 554. The predicted molar refractivity (Wildman–Crippen MR) is 71.3 cm³/mol. The Morgan fingerprint density at radius 1 is 1.60 bits per heavy atom. The average molecular weight is 302 g/mol. The molecule has 7 nitrogen and oxygen atoms in total. The molecule has 0 aromatic carbocycles. The van der Waals surface area contributed by atoms with Gasteiger partial charge in [-0.15, -0.1) is 0 Å². The van der Waals surface area contributed by atoms with Crippen LogP contribution in [0.3, 0.4) is 0 Å². The number of ether oxygens (including phenoxy) is 1. The summed E-state index contributed by atoms with van der Waals surface area (Å²) in [6.45, 7) is 0.514. The first-order valence-electron chi connectivity index (χ1n) is 6.20. The fraction of sp³-hybridized carbons (Fsp3) is 0.583. The summed E-state index contributed by atoms with van der Waals surface area (Å²) in [6, 6.07) is 1.02. The molecule has 1 aliphatic heterocycles. The number of carbonyl (C=O) groups excluding carboxylic acids is 1. The van der Waals surface area contributed by atoms with Crippen LogP contribution in [0.1, 0.15) is 12.0 Å². The first-order chi connectivity index (χ1) is 9.41. The molecule has 1 aliphatic rings. The number of amides is 1. The van der Waals surface area contributed by atoms with Gasteiger partial charge in [-0.3, -0.25) is 4.79 Å². The Balaban J connectivity index is 2.02. The minimum atomic E-state index is -3.44. The molecule has 1 N–H and O–H groups in total. The van der Waals surface area contributed by atoms with Crippen molar-refractivity contribution in [1.29, 1.82) is 0 Å². The number of hydrogen-bond acceptors (Lipinski definition) is 5. The van der Waals surface area contributed by atoms with Gasteiger partial charge in [-0.05, 0) is 6.07 Å². The van der Waals surface area contributed by atoms with Crippen LogP contribution in [0.25, 0.3) is 0 Å². The van der Waals surface area contributed by atoms with Crippen LogP contribution in [0.4, 0.5) is 0 Å². The molecule has 1 fully saturated rings. The van der Waals surface area contributed by atoms with E-state index in [-0.39, 0.29) is 18.6 Å². The van der Waals surface area contributed by atoms with Crippen LogP contribution in [0, 0.1) is 0 Å². The lowest BCUT2D eigenvalue weighted by Crippen LogP contribution is -2.45. The van der Waals surface area contributed by atoms with Gasteiger partial charge in [0.15, 0.2) is 0 Å². The van der Waals surface area contributed by atoms with Crippen LogP contribution >= 0.6 is 0 Å². The molecule has 0 aliphatic carbocycles. The second-order valence-electron chi connectivity index (χ2n) is 4.79. The van der Waals surface area contributed by atoms with Crippen LogP contribution in [0.5, 0.6) is 0 Å². The van der Waals surface area contributed by atoms with Crippen LogP contribution in [-0.4, -0.2) is 50.7 Å². The Kier molecular flexibility index (Phi) is 4.46. The molecule has 1 aromatic heterocycles. The quantitative estimate of drug-likeness (QED) is 0.823. The Labute approximate surface area is 117 Å². The third kappa shape index (κ3) is 3.38. The highest BCUT2D eigenvalue weighted by Gasteiger charge is 2.41. The van der Waals surface area contributed by atoms with Gasteiger partial charge in [0.05, 0.1) is 24.9 Å². The molecule has 2 rings (SSSR count). The molecule has 2 atom stereocenters. The second-order valence-corrected chi connectivity index (χ2v) is 6.73. The number of hydrogen-bond donors (Lipinski definition) is 1. The van der Waals surface area contributed by atoms with E-state index in [9.17, 15) is 13.2 Å². The third-order valence-corrected chi connectivity index (χ3v) is 4.58. The zero-order valence-corrected chi connectivity index (χ0v) is 12.2. The Morgan fingerprint density at radius 2 is 2.35 bits per heavy atom. The van der Waals surface area contributed by atoms with E-state index in [2.05, 4.69) is 5.32 Å². The summed E-state index contributed by atoms with van der Waals surface area (Å²) in [5.41, 5.74) is 0.825. The minimum absolute atomic E-state index is 0.207. The highest BCUT2D eigenvalue weighted by molar-refractivity contribution is 7.88. The average Bonchev–Trinajstić information content (AvgIpc) is 3.04. The van der Waals surface area contributed by atoms with Gasteiger partial charge < -0.3 is 14.5 Å². The van der Waals surface area contributed by atoms with Gasteiger partial charge in [0.25, 0.3) is 0 Å². The molecule has 1 amide bonds. The van der Waals surface area contributed by atoms with Crippen molar-refractivity contribution in [1.82, 2.24) is 9.62 Å². The predicted octanol–water partition coefficient (Wildman–Crippen LogP) is -0.0553. The molecule has 1 aromatic rings. The topological polar surface area (TPSA) is 88.8 Å². The second kappa shape index (κ2) is 5.94. The molecule has 20 heavy (non-hydrogen) atoms. The maximum absolute atomic E-state index is 12.2. The van der Waals surface area contributed by atoms with Gasteiger partial charge in [0, 0.05) is 32.2 Å². The molecule has 0 radical (unpaired) electrons. The van der Waals surface area contributed by atoms with E-state index in [1.807, 2.05) is 0 Å². The van der Waals surface area contributed by atoms with Crippen LogP contribution < -0.4 is 5.32 Å². The number of sulfonamides is 1. The molecule has 0 saturated carbocycles. The number of nitrogens with one attached hydrogen (secondary N) is 1. The van der Waals surface area contributed by atoms with Crippen molar-refractivity contribution in [2.45, 2.75) is 25.1 Å². The van der Waals surface area contributed by atoms with E-state index in [4.69, 9.17) is 9.15 Å². The van der Waals surface area contributed by atoms with Crippen molar-refractivity contribution in [3.05, 3.63) is 24.2 Å². The van der Waals surface area contributed by atoms with Gasteiger partial charge in [-0.1, -0.05) is 0 Å². The first kappa shape index (κ1) is 15.0. The zero-order chi connectivity index (χ0) is 14.8. The first-order valence-corrected chi connectivity index (χ1v) is 8.05. The highest BCUT2D eigenvalue weighted by atomic mass is 32.2. The van der Waals surface area contributed by atoms with Crippen molar-refractivity contribution in [3.63, 3.8) is 0 Å². The number of nitrogens with zero attached hydrogens (tertiary/aromatic N) is 1. The molecule has 112 valence electrons. The largest absolute Gasteiger partial charge is 0.472 e. The molecule has 8 heteroatoms. The summed E-state index contributed by atoms with van der Waals surface area (Å²) in [6.07, 6.45) is 4.25. The van der Waals surface area contributed by atoms with E-state index in [1.165, 1.54) is 23.9 Å². The van der Waals surface area contributed by atoms with E-state index in [1.54, 1.807) is 6.07 Å². The van der Waals surface area contributed by atoms with Crippen molar-refractivity contribution >= 4 is 15.9 Å². The van der Waals surface area contributed by atoms with Gasteiger partial charge in [0.2, 0.25) is 15.9 Å². The van der Waals surface area contributed by atoms with Gasteiger partial charge in [-0.2, -0.15) is 4.31 Å². The summed E-state index contributed by atoms with van der Waals surface area (Å²) in [5.74, 6) is -0.323.